The Balaban J connectivity index is 1.69. The second-order valence-corrected chi connectivity index (χ2v) is 7.46. The Morgan fingerprint density at radius 3 is 2.58 bits per heavy atom. The number of nitrogens with zero attached hydrogens (tertiary/aromatic N) is 1. The van der Waals surface area contributed by atoms with Crippen molar-refractivity contribution in [1.29, 1.82) is 0 Å². The Kier molecular flexibility index (Phi) is 8.23. The van der Waals surface area contributed by atoms with Crippen LogP contribution in [0.25, 0.3) is 0 Å². The fraction of sp³-hybridized carbons (Fsp3) is 0.714. The van der Waals surface area contributed by atoms with Crippen molar-refractivity contribution in [3.63, 3.8) is 0 Å². The molecule has 24 heavy (non-hydrogen) atoms. The first-order valence-electron chi connectivity index (χ1n) is 9.73. The Hall–Kier alpha value is -0.900. The zero-order valence-electron chi connectivity index (χ0n) is 15.4. The summed E-state index contributed by atoms with van der Waals surface area (Å²) in [5.74, 6) is 0. The van der Waals surface area contributed by atoms with E-state index in [1.807, 2.05) is 6.07 Å². The Bertz CT molecular complexity index is 450. The van der Waals surface area contributed by atoms with Gasteiger partial charge in [-0.25, -0.2) is 0 Å². The quantitative estimate of drug-likeness (QED) is 0.641. The van der Waals surface area contributed by atoms with Crippen LogP contribution in [0.1, 0.15) is 63.9 Å². The monoisotopic (exact) mass is 333 g/mol. The van der Waals surface area contributed by atoms with Gasteiger partial charge in [0.2, 0.25) is 0 Å². The van der Waals surface area contributed by atoms with Crippen LogP contribution in [-0.4, -0.2) is 46.5 Å². The molecule has 2 N–H and O–H groups in total. The number of likely N-dealkylation sites (N-methyl/N-ethyl adjacent to an activating group) is 1. The minimum atomic E-state index is -0.216. The molecule has 2 rings (SSSR count). The molecule has 1 aromatic rings. The fourth-order valence-corrected chi connectivity index (χ4v) is 4.02. The second-order valence-electron chi connectivity index (χ2n) is 7.46. The summed E-state index contributed by atoms with van der Waals surface area (Å²) in [4.78, 5) is 2.39. The standard InChI is InChI=1S/C21H35NO2/c1-3-10-19(23)14-9-5-8-13-18-16-21(24)20(22(18)2)15-17-11-6-4-7-12-17/h4,6-7,11-12,18-21,23-24H,3,5,8-10,13-16H2,1-2H3/t18-,19?,20+,21+/m1/s1. The third-order valence-corrected chi connectivity index (χ3v) is 5.54. The van der Waals surface area contributed by atoms with Crippen molar-refractivity contribution >= 4 is 0 Å². The molecule has 4 atom stereocenters. The Labute approximate surface area is 147 Å². The average molecular weight is 334 g/mol. The normalized spacial score (nSPS) is 25.9. The van der Waals surface area contributed by atoms with Crippen LogP contribution in [0.3, 0.4) is 0 Å². The van der Waals surface area contributed by atoms with Gasteiger partial charge < -0.3 is 10.2 Å². The predicted molar refractivity (Wildman–Crippen MR) is 100 cm³/mol. The largest absolute Gasteiger partial charge is 0.393 e. The fourth-order valence-electron chi connectivity index (χ4n) is 4.02. The molecule has 1 unspecified atom stereocenters. The molecular weight excluding hydrogens is 298 g/mol. The van der Waals surface area contributed by atoms with Gasteiger partial charge in [-0.1, -0.05) is 62.9 Å². The van der Waals surface area contributed by atoms with E-state index in [-0.39, 0.29) is 18.2 Å². The minimum Gasteiger partial charge on any atom is -0.393 e. The highest BCUT2D eigenvalue weighted by molar-refractivity contribution is 5.17. The molecule has 1 aliphatic heterocycles. The van der Waals surface area contributed by atoms with Crippen molar-refractivity contribution in [2.24, 2.45) is 0 Å². The molecule has 1 saturated heterocycles. The molecule has 3 nitrogen and oxygen atoms in total. The van der Waals surface area contributed by atoms with Gasteiger partial charge in [-0.05, 0) is 44.7 Å². The molecule has 0 spiro atoms. The van der Waals surface area contributed by atoms with Crippen LogP contribution in [0.4, 0.5) is 0 Å². The first-order chi connectivity index (χ1) is 11.6. The van der Waals surface area contributed by atoms with E-state index in [0.29, 0.717) is 6.04 Å². The highest BCUT2D eigenvalue weighted by atomic mass is 16.3. The summed E-state index contributed by atoms with van der Waals surface area (Å²) in [5, 5.41) is 20.2. The molecule has 3 heteroatoms. The number of likely N-dealkylation sites (tertiary alicyclic amines) is 1. The minimum absolute atomic E-state index is 0.110. The highest BCUT2D eigenvalue weighted by Gasteiger charge is 2.37. The van der Waals surface area contributed by atoms with Gasteiger partial charge in [0, 0.05) is 12.1 Å². The molecule has 0 radical (unpaired) electrons. The lowest BCUT2D eigenvalue weighted by Crippen LogP contribution is -2.37. The number of unbranched alkanes of at least 4 members (excludes halogenated alkanes) is 2. The lowest BCUT2D eigenvalue weighted by atomic mass is 10.0. The third-order valence-electron chi connectivity index (χ3n) is 5.54. The molecule has 1 fully saturated rings. The molecule has 1 aromatic carbocycles. The van der Waals surface area contributed by atoms with Crippen LogP contribution in [0.5, 0.6) is 0 Å². The summed E-state index contributed by atoms with van der Waals surface area (Å²) in [5.41, 5.74) is 1.30. The number of hydrogen-bond donors (Lipinski definition) is 2. The maximum absolute atomic E-state index is 10.5. The molecule has 0 saturated carbocycles. The SMILES string of the molecule is CCCC(O)CCCCC[C@@H]1C[C@H](O)[C@H](Cc2ccccc2)N1C. The van der Waals surface area contributed by atoms with Crippen molar-refractivity contribution in [2.45, 2.75) is 89.0 Å². The number of benzene rings is 1. The molecule has 1 heterocycles. The number of aliphatic hydroxyl groups is 2. The average Bonchev–Trinajstić information content (AvgIpc) is 2.83. The lowest BCUT2D eigenvalue weighted by molar-refractivity contribution is 0.123. The van der Waals surface area contributed by atoms with E-state index in [9.17, 15) is 10.2 Å². The van der Waals surface area contributed by atoms with E-state index in [2.05, 4.69) is 43.1 Å². The molecule has 0 bridgehead atoms. The van der Waals surface area contributed by atoms with Gasteiger partial charge >= 0.3 is 0 Å². The summed E-state index contributed by atoms with van der Waals surface area (Å²) in [6.07, 6.45) is 9.08. The summed E-state index contributed by atoms with van der Waals surface area (Å²) in [6, 6.07) is 11.2. The third kappa shape index (κ3) is 5.87. The molecule has 0 aliphatic carbocycles. The van der Waals surface area contributed by atoms with Crippen LogP contribution in [0, 0.1) is 0 Å². The van der Waals surface area contributed by atoms with Crippen molar-refractivity contribution in [3.05, 3.63) is 35.9 Å². The zero-order valence-corrected chi connectivity index (χ0v) is 15.4. The first-order valence-corrected chi connectivity index (χ1v) is 9.73. The summed E-state index contributed by atoms with van der Waals surface area (Å²) < 4.78 is 0. The number of hydrogen-bond acceptors (Lipinski definition) is 3. The highest BCUT2D eigenvalue weighted by Crippen LogP contribution is 2.29. The maximum Gasteiger partial charge on any atom is 0.0713 e. The van der Waals surface area contributed by atoms with Crippen LogP contribution in [0.15, 0.2) is 30.3 Å². The van der Waals surface area contributed by atoms with Crippen LogP contribution in [0.2, 0.25) is 0 Å². The van der Waals surface area contributed by atoms with Crippen LogP contribution >= 0.6 is 0 Å². The van der Waals surface area contributed by atoms with Gasteiger partial charge in [-0.3, -0.25) is 4.90 Å². The molecular formula is C21H35NO2. The van der Waals surface area contributed by atoms with E-state index >= 15 is 0 Å². The number of aliphatic hydroxyl groups excluding tert-OH is 2. The topological polar surface area (TPSA) is 43.7 Å². The first kappa shape index (κ1) is 19.4. The van der Waals surface area contributed by atoms with E-state index < -0.39 is 0 Å². The predicted octanol–water partition coefficient (Wildman–Crippen LogP) is 3.77. The van der Waals surface area contributed by atoms with Crippen molar-refractivity contribution in [3.8, 4) is 0 Å². The Morgan fingerprint density at radius 1 is 1.12 bits per heavy atom. The summed E-state index contributed by atoms with van der Waals surface area (Å²) >= 11 is 0. The second kappa shape index (κ2) is 10.2. The van der Waals surface area contributed by atoms with Crippen LogP contribution < -0.4 is 0 Å². The zero-order chi connectivity index (χ0) is 17.4. The molecule has 1 aliphatic rings. The summed E-state index contributed by atoms with van der Waals surface area (Å²) in [7, 11) is 2.17. The van der Waals surface area contributed by atoms with E-state index in [4.69, 9.17) is 0 Å². The van der Waals surface area contributed by atoms with Crippen molar-refractivity contribution < 1.29 is 10.2 Å². The van der Waals surface area contributed by atoms with E-state index in [1.165, 1.54) is 18.4 Å². The maximum atomic E-state index is 10.5. The van der Waals surface area contributed by atoms with Gasteiger partial charge in [-0.2, -0.15) is 0 Å². The molecule has 0 amide bonds. The van der Waals surface area contributed by atoms with Crippen LogP contribution in [-0.2, 0) is 6.42 Å². The van der Waals surface area contributed by atoms with Gasteiger partial charge in [0.25, 0.3) is 0 Å². The van der Waals surface area contributed by atoms with Gasteiger partial charge in [0.05, 0.1) is 12.2 Å². The smallest absolute Gasteiger partial charge is 0.0713 e. The van der Waals surface area contributed by atoms with Gasteiger partial charge in [0.15, 0.2) is 0 Å². The molecule has 136 valence electrons. The van der Waals surface area contributed by atoms with Crippen molar-refractivity contribution in [1.82, 2.24) is 4.90 Å². The van der Waals surface area contributed by atoms with E-state index in [0.717, 1.165) is 44.9 Å². The molecule has 0 aromatic heterocycles. The Morgan fingerprint density at radius 2 is 1.88 bits per heavy atom. The van der Waals surface area contributed by atoms with Gasteiger partial charge in [-0.15, -0.1) is 0 Å². The number of rotatable bonds is 10. The lowest BCUT2D eigenvalue weighted by Gasteiger charge is -2.26. The van der Waals surface area contributed by atoms with Crippen molar-refractivity contribution in [2.75, 3.05) is 7.05 Å². The summed E-state index contributed by atoms with van der Waals surface area (Å²) in [6.45, 7) is 2.12. The van der Waals surface area contributed by atoms with Gasteiger partial charge in [0.1, 0.15) is 0 Å². The van der Waals surface area contributed by atoms with E-state index in [1.54, 1.807) is 0 Å².